The van der Waals surface area contributed by atoms with E-state index in [9.17, 15) is 4.79 Å². The molecule has 0 bridgehead atoms. The fourth-order valence-electron chi connectivity index (χ4n) is 3.36. The fraction of sp³-hybridized carbons (Fsp3) is 0.471. The van der Waals surface area contributed by atoms with Crippen molar-refractivity contribution in [3.8, 4) is 0 Å². The van der Waals surface area contributed by atoms with E-state index in [1.165, 1.54) is 12.8 Å². The Morgan fingerprint density at radius 2 is 2.10 bits per heavy atom. The summed E-state index contributed by atoms with van der Waals surface area (Å²) in [5.74, 6) is 0.0622. The molecule has 112 valence electrons. The van der Waals surface area contributed by atoms with Crippen LogP contribution in [0.5, 0.6) is 0 Å². The third-order valence-electron chi connectivity index (χ3n) is 4.65. The summed E-state index contributed by atoms with van der Waals surface area (Å²) in [7, 11) is 1.90. The van der Waals surface area contributed by atoms with Gasteiger partial charge in [-0.3, -0.25) is 4.79 Å². The van der Waals surface area contributed by atoms with E-state index in [0.717, 1.165) is 29.3 Å². The minimum atomic E-state index is -0.463. The lowest BCUT2D eigenvalue weighted by Gasteiger charge is -2.27. The van der Waals surface area contributed by atoms with E-state index in [4.69, 9.17) is 5.73 Å². The fourth-order valence-corrected chi connectivity index (χ4v) is 3.36. The van der Waals surface area contributed by atoms with Crippen LogP contribution in [0.25, 0.3) is 10.9 Å². The molecule has 1 atom stereocenters. The molecule has 3 N–H and O–H groups in total. The number of hydrogen-bond acceptors (Lipinski definition) is 2. The molecule has 4 heteroatoms. The first-order chi connectivity index (χ1) is 10.2. The molecule has 1 aliphatic carbocycles. The van der Waals surface area contributed by atoms with Gasteiger partial charge in [-0.05, 0) is 30.9 Å². The van der Waals surface area contributed by atoms with Crippen molar-refractivity contribution in [1.29, 1.82) is 0 Å². The Bertz CT molecular complexity index is 628. The largest absolute Gasteiger partial charge is 0.361 e. The van der Waals surface area contributed by atoms with Gasteiger partial charge < -0.3 is 15.6 Å². The lowest BCUT2D eigenvalue weighted by atomic mass is 10.0. The second-order valence-corrected chi connectivity index (χ2v) is 6.06. The summed E-state index contributed by atoms with van der Waals surface area (Å²) in [4.78, 5) is 17.6. The van der Waals surface area contributed by atoms with Gasteiger partial charge in [-0.15, -0.1) is 0 Å². The van der Waals surface area contributed by atoms with Crippen LogP contribution in [0, 0.1) is 0 Å². The van der Waals surface area contributed by atoms with Gasteiger partial charge in [-0.2, -0.15) is 0 Å². The number of aromatic nitrogens is 1. The zero-order chi connectivity index (χ0) is 14.8. The first-order valence-electron chi connectivity index (χ1n) is 7.74. The number of rotatable bonds is 4. The first-order valence-corrected chi connectivity index (χ1v) is 7.74. The highest BCUT2D eigenvalue weighted by Crippen LogP contribution is 2.24. The summed E-state index contributed by atoms with van der Waals surface area (Å²) >= 11 is 0. The summed E-state index contributed by atoms with van der Waals surface area (Å²) in [6, 6.07) is 8.04. The number of benzene rings is 1. The monoisotopic (exact) mass is 285 g/mol. The maximum atomic E-state index is 12.5. The number of para-hydroxylation sites is 1. The molecule has 1 saturated carbocycles. The van der Waals surface area contributed by atoms with Gasteiger partial charge in [-0.25, -0.2) is 0 Å². The molecule has 0 saturated heterocycles. The van der Waals surface area contributed by atoms with Gasteiger partial charge in [0.15, 0.2) is 0 Å². The van der Waals surface area contributed by atoms with Crippen LogP contribution in [0.2, 0.25) is 0 Å². The number of hydrogen-bond donors (Lipinski definition) is 2. The predicted molar refractivity (Wildman–Crippen MR) is 85.0 cm³/mol. The number of nitrogens with one attached hydrogen (secondary N) is 1. The molecule has 4 nitrogen and oxygen atoms in total. The van der Waals surface area contributed by atoms with E-state index in [0.29, 0.717) is 12.5 Å². The van der Waals surface area contributed by atoms with Crippen LogP contribution in [0.1, 0.15) is 31.2 Å². The molecule has 0 radical (unpaired) electrons. The van der Waals surface area contributed by atoms with E-state index in [2.05, 4.69) is 11.1 Å². The Morgan fingerprint density at radius 3 is 2.86 bits per heavy atom. The minimum absolute atomic E-state index is 0.0622. The smallest absolute Gasteiger partial charge is 0.239 e. The maximum Gasteiger partial charge on any atom is 0.239 e. The molecule has 1 fully saturated rings. The van der Waals surface area contributed by atoms with Gasteiger partial charge in [-0.1, -0.05) is 31.0 Å². The molecular formula is C17H23N3O. The van der Waals surface area contributed by atoms with Gasteiger partial charge in [0.2, 0.25) is 5.91 Å². The average Bonchev–Trinajstić information content (AvgIpc) is 3.16. The summed E-state index contributed by atoms with van der Waals surface area (Å²) in [6.07, 6.45) is 7.22. The van der Waals surface area contributed by atoms with E-state index in [1.54, 1.807) is 0 Å². The molecule has 1 aromatic carbocycles. The second kappa shape index (κ2) is 5.90. The Morgan fingerprint density at radius 1 is 1.38 bits per heavy atom. The number of fused-ring (bicyclic) bond motifs is 1. The average molecular weight is 285 g/mol. The van der Waals surface area contributed by atoms with Gasteiger partial charge in [0, 0.05) is 30.2 Å². The van der Waals surface area contributed by atoms with E-state index < -0.39 is 6.04 Å². The van der Waals surface area contributed by atoms with Crippen LogP contribution in [0.15, 0.2) is 30.5 Å². The van der Waals surface area contributed by atoms with Gasteiger partial charge in [0.25, 0.3) is 0 Å². The van der Waals surface area contributed by atoms with Crippen molar-refractivity contribution in [3.05, 3.63) is 36.0 Å². The molecule has 2 aromatic rings. The van der Waals surface area contributed by atoms with Crippen LogP contribution in [-0.2, 0) is 11.2 Å². The van der Waals surface area contributed by atoms with Crippen molar-refractivity contribution in [2.24, 2.45) is 5.73 Å². The lowest BCUT2D eigenvalue weighted by molar-refractivity contribution is -0.133. The summed E-state index contributed by atoms with van der Waals surface area (Å²) in [6.45, 7) is 0. The Kier molecular flexibility index (Phi) is 3.97. The van der Waals surface area contributed by atoms with Crippen molar-refractivity contribution < 1.29 is 4.79 Å². The molecule has 1 heterocycles. The summed E-state index contributed by atoms with van der Waals surface area (Å²) in [5, 5.41) is 1.16. The maximum absolute atomic E-state index is 12.5. The number of carbonyl (C=O) groups excluding carboxylic acids is 1. The standard InChI is InChI=1S/C17H23N3O/c1-20(13-6-2-3-7-13)17(21)15(18)10-12-11-19-16-9-5-4-8-14(12)16/h4-5,8-9,11,13,15,19H,2-3,6-7,10,18H2,1H3/t15-/m0/s1. The van der Waals surface area contributed by atoms with Crippen molar-refractivity contribution in [3.63, 3.8) is 0 Å². The van der Waals surface area contributed by atoms with Crippen molar-refractivity contribution in [2.75, 3.05) is 7.05 Å². The molecule has 0 aliphatic heterocycles. The van der Waals surface area contributed by atoms with Crippen LogP contribution in [-0.4, -0.2) is 34.9 Å². The Balaban J connectivity index is 1.70. The molecule has 1 aliphatic rings. The van der Waals surface area contributed by atoms with E-state index in [1.807, 2.05) is 36.3 Å². The molecule has 21 heavy (non-hydrogen) atoms. The van der Waals surface area contributed by atoms with E-state index in [-0.39, 0.29) is 5.91 Å². The van der Waals surface area contributed by atoms with E-state index >= 15 is 0 Å². The van der Waals surface area contributed by atoms with Crippen LogP contribution < -0.4 is 5.73 Å². The molecule has 1 aromatic heterocycles. The molecule has 0 unspecified atom stereocenters. The molecule has 0 spiro atoms. The van der Waals surface area contributed by atoms with Crippen molar-refractivity contribution in [1.82, 2.24) is 9.88 Å². The molecule has 1 amide bonds. The van der Waals surface area contributed by atoms with Crippen LogP contribution in [0.4, 0.5) is 0 Å². The van der Waals surface area contributed by atoms with Gasteiger partial charge in [0.1, 0.15) is 0 Å². The number of nitrogens with two attached hydrogens (primary N) is 1. The highest BCUT2D eigenvalue weighted by molar-refractivity contribution is 5.86. The SMILES string of the molecule is CN(C(=O)[C@@H](N)Cc1c[nH]c2ccccc12)C1CCCC1. The normalized spacial score (nSPS) is 17.2. The lowest BCUT2D eigenvalue weighted by Crippen LogP contribution is -2.46. The third-order valence-corrected chi connectivity index (χ3v) is 4.65. The van der Waals surface area contributed by atoms with Crippen LogP contribution in [0.3, 0.4) is 0 Å². The predicted octanol–water partition coefficient (Wildman–Crippen LogP) is 2.44. The third kappa shape index (κ3) is 2.81. The second-order valence-electron chi connectivity index (χ2n) is 6.06. The van der Waals surface area contributed by atoms with Crippen LogP contribution >= 0.6 is 0 Å². The highest BCUT2D eigenvalue weighted by Gasteiger charge is 2.27. The Labute approximate surface area is 125 Å². The highest BCUT2D eigenvalue weighted by atomic mass is 16.2. The number of amides is 1. The topological polar surface area (TPSA) is 62.1 Å². The summed E-state index contributed by atoms with van der Waals surface area (Å²) < 4.78 is 0. The molecule has 3 rings (SSSR count). The first kappa shape index (κ1) is 14.1. The number of likely N-dealkylation sites (N-methyl/N-ethyl adjacent to an activating group) is 1. The van der Waals surface area contributed by atoms with Gasteiger partial charge in [0.05, 0.1) is 6.04 Å². The zero-order valence-corrected chi connectivity index (χ0v) is 12.5. The van der Waals surface area contributed by atoms with Crippen molar-refractivity contribution >= 4 is 16.8 Å². The minimum Gasteiger partial charge on any atom is -0.361 e. The zero-order valence-electron chi connectivity index (χ0n) is 12.5. The quantitative estimate of drug-likeness (QED) is 0.906. The number of aromatic amines is 1. The molecular weight excluding hydrogens is 262 g/mol. The Hall–Kier alpha value is -1.81. The number of nitrogens with zero attached hydrogens (tertiary/aromatic N) is 1. The number of carbonyl (C=O) groups is 1. The van der Waals surface area contributed by atoms with Gasteiger partial charge >= 0.3 is 0 Å². The summed E-state index contributed by atoms with van der Waals surface area (Å²) in [5.41, 5.74) is 8.37. The van der Waals surface area contributed by atoms with Crippen molar-refractivity contribution in [2.45, 2.75) is 44.2 Å². The number of H-pyrrole nitrogens is 1.